The summed E-state index contributed by atoms with van der Waals surface area (Å²) in [6.07, 6.45) is 4.49. The molecule has 0 saturated heterocycles. The van der Waals surface area contributed by atoms with E-state index in [2.05, 4.69) is 4.98 Å². The van der Waals surface area contributed by atoms with Gasteiger partial charge in [0.25, 0.3) is 0 Å². The number of rotatable bonds is 2. The maximum atomic E-state index is 6.12. The Morgan fingerprint density at radius 3 is 2.83 bits per heavy atom. The molecule has 0 aliphatic rings. The van der Waals surface area contributed by atoms with Gasteiger partial charge in [0.1, 0.15) is 5.82 Å². The van der Waals surface area contributed by atoms with Crippen LogP contribution in [0.5, 0.6) is 0 Å². The SMILES string of the molecule is Clc1cccc(Cc2ncc3c(Cl)cccn23)c1. The lowest BCUT2D eigenvalue weighted by Crippen LogP contribution is -1.96. The van der Waals surface area contributed by atoms with Crippen LogP contribution in [0.1, 0.15) is 11.4 Å². The third-order valence-corrected chi connectivity index (χ3v) is 3.40. The van der Waals surface area contributed by atoms with Gasteiger partial charge in [-0.1, -0.05) is 35.3 Å². The molecular weight excluding hydrogens is 267 g/mol. The largest absolute Gasteiger partial charge is 0.302 e. The highest BCUT2D eigenvalue weighted by Gasteiger charge is 2.06. The fourth-order valence-corrected chi connectivity index (χ4v) is 2.43. The van der Waals surface area contributed by atoms with Gasteiger partial charge in [-0.15, -0.1) is 0 Å². The van der Waals surface area contributed by atoms with E-state index in [0.29, 0.717) is 5.02 Å². The van der Waals surface area contributed by atoms with Crippen LogP contribution in [0.15, 0.2) is 48.8 Å². The summed E-state index contributed by atoms with van der Waals surface area (Å²) in [5, 5.41) is 1.45. The van der Waals surface area contributed by atoms with Crippen LogP contribution in [0.25, 0.3) is 5.52 Å². The molecule has 0 fully saturated rings. The minimum atomic E-state index is 0.711. The summed E-state index contributed by atoms with van der Waals surface area (Å²) in [6.45, 7) is 0. The lowest BCUT2D eigenvalue weighted by molar-refractivity contribution is 0.962. The molecular formula is C14H10Cl2N2. The van der Waals surface area contributed by atoms with Crippen LogP contribution in [0.4, 0.5) is 0 Å². The first kappa shape index (κ1) is 11.6. The molecule has 4 heteroatoms. The van der Waals surface area contributed by atoms with E-state index in [1.807, 2.05) is 47.0 Å². The van der Waals surface area contributed by atoms with Crippen molar-refractivity contribution in [3.63, 3.8) is 0 Å². The number of pyridine rings is 1. The van der Waals surface area contributed by atoms with Crippen molar-refractivity contribution in [2.75, 3.05) is 0 Å². The third kappa shape index (κ3) is 2.09. The second-order valence-electron chi connectivity index (χ2n) is 4.09. The molecule has 2 aromatic heterocycles. The molecule has 0 saturated carbocycles. The number of hydrogen-bond acceptors (Lipinski definition) is 1. The lowest BCUT2D eigenvalue weighted by Gasteiger charge is -2.03. The Kier molecular flexibility index (Phi) is 2.98. The molecule has 2 heterocycles. The Morgan fingerprint density at radius 1 is 1.11 bits per heavy atom. The Hall–Kier alpha value is -1.51. The summed E-state index contributed by atoms with van der Waals surface area (Å²) in [6, 6.07) is 11.6. The fraction of sp³-hybridized carbons (Fsp3) is 0.0714. The van der Waals surface area contributed by atoms with Crippen LogP contribution < -0.4 is 0 Å². The highest BCUT2D eigenvalue weighted by atomic mass is 35.5. The molecule has 0 aliphatic carbocycles. The Morgan fingerprint density at radius 2 is 2.00 bits per heavy atom. The topological polar surface area (TPSA) is 17.3 Å². The van der Waals surface area contributed by atoms with E-state index < -0.39 is 0 Å². The van der Waals surface area contributed by atoms with Gasteiger partial charge in [0.2, 0.25) is 0 Å². The fourth-order valence-electron chi connectivity index (χ4n) is 2.00. The molecule has 0 N–H and O–H groups in total. The summed E-state index contributed by atoms with van der Waals surface area (Å²) in [7, 11) is 0. The molecule has 0 bridgehead atoms. The number of benzene rings is 1. The van der Waals surface area contributed by atoms with E-state index in [0.717, 1.165) is 28.3 Å². The van der Waals surface area contributed by atoms with Gasteiger partial charge in [-0.05, 0) is 29.8 Å². The van der Waals surface area contributed by atoms with Crippen LogP contribution in [-0.2, 0) is 6.42 Å². The van der Waals surface area contributed by atoms with Crippen molar-refractivity contribution in [3.8, 4) is 0 Å². The predicted octanol–water partition coefficient (Wildman–Crippen LogP) is 4.23. The van der Waals surface area contributed by atoms with E-state index >= 15 is 0 Å². The van der Waals surface area contributed by atoms with Crippen LogP contribution >= 0.6 is 23.2 Å². The highest BCUT2D eigenvalue weighted by Crippen LogP contribution is 2.20. The van der Waals surface area contributed by atoms with Crippen molar-refractivity contribution >= 4 is 28.7 Å². The monoisotopic (exact) mass is 276 g/mol. The number of aromatic nitrogens is 2. The Bertz CT molecular complexity index is 704. The third-order valence-electron chi connectivity index (χ3n) is 2.85. The Balaban J connectivity index is 2.03. The molecule has 1 aromatic carbocycles. The molecule has 18 heavy (non-hydrogen) atoms. The first-order valence-electron chi connectivity index (χ1n) is 5.59. The van der Waals surface area contributed by atoms with Crippen molar-refractivity contribution in [2.24, 2.45) is 0 Å². The lowest BCUT2D eigenvalue weighted by atomic mass is 10.1. The number of imidazole rings is 1. The van der Waals surface area contributed by atoms with Crippen LogP contribution in [0.2, 0.25) is 10.0 Å². The van der Waals surface area contributed by atoms with Crippen LogP contribution in [-0.4, -0.2) is 9.38 Å². The van der Waals surface area contributed by atoms with E-state index in [1.165, 1.54) is 0 Å². The molecule has 0 aliphatic heterocycles. The summed E-state index contributed by atoms with van der Waals surface area (Å²) in [4.78, 5) is 4.42. The van der Waals surface area contributed by atoms with Gasteiger partial charge in [-0.3, -0.25) is 0 Å². The second kappa shape index (κ2) is 4.63. The van der Waals surface area contributed by atoms with Crippen molar-refractivity contribution in [3.05, 3.63) is 70.2 Å². The van der Waals surface area contributed by atoms with E-state index in [9.17, 15) is 0 Å². The molecule has 3 rings (SSSR count). The van der Waals surface area contributed by atoms with Crippen molar-refractivity contribution in [1.29, 1.82) is 0 Å². The molecule has 0 atom stereocenters. The van der Waals surface area contributed by atoms with Crippen LogP contribution in [0.3, 0.4) is 0 Å². The van der Waals surface area contributed by atoms with Gasteiger partial charge >= 0.3 is 0 Å². The minimum absolute atomic E-state index is 0.711. The van der Waals surface area contributed by atoms with Gasteiger partial charge in [0.15, 0.2) is 0 Å². The van der Waals surface area contributed by atoms with E-state index in [-0.39, 0.29) is 0 Å². The molecule has 0 radical (unpaired) electrons. The molecule has 2 nitrogen and oxygen atoms in total. The molecule has 90 valence electrons. The normalized spacial score (nSPS) is 11.0. The maximum Gasteiger partial charge on any atom is 0.117 e. The standard InChI is InChI=1S/C14H10Cl2N2/c15-11-4-1-3-10(7-11)8-14-17-9-13-12(16)5-2-6-18(13)14/h1-7,9H,8H2. The van der Waals surface area contributed by atoms with Gasteiger partial charge in [-0.25, -0.2) is 4.98 Å². The van der Waals surface area contributed by atoms with Gasteiger partial charge in [0, 0.05) is 17.6 Å². The average Bonchev–Trinajstić information content (AvgIpc) is 2.74. The first-order chi connectivity index (χ1) is 8.74. The van der Waals surface area contributed by atoms with Gasteiger partial charge in [-0.2, -0.15) is 0 Å². The van der Waals surface area contributed by atoms with Crippen molar-refractivity contribution in [1.82, 2.24) is 9.38 Å². The van der Waals surface area contributed by atoms with Crippen molar-refractivity contribution < 1.29 is 0 Å². The number of nitrogens with zero attached hydrogens (tertiary/aromatic N) is 2. The smallest absolute Gasteiger partial charge is 0.117 e. The summed E-state index contributed by atoms with van der Waals surface area (Å²) in [5.74, 6) is 0.953. The zero-order chi connectivity index (χ0) is 12.5. The quantitative estimate of drug-likeness (QED) is 0.685. The molecule has 3 aromatic rings. The average molecular weight is 277 g/mol. The zero-order valence-electron chi connectivity index (χ0n) is 9.48. The van der Waals surface area contributed by atoms with Gasteiger partial charge < -0.3 is 4.40 Å². The molecule has 0 spiro atoms. The van der Waals surface area contributed by atoms with Crippen LogP contribution in [0, 0.1) is 0 Å². The second-order valence-corrected chi connectivity index (χ2v) is 4.94. The first-order valence-corrected chi connectivity index (χ1v) is 6.34. The highest BCUT2D eigenvalue weighted by molar-refractivity contribution is 6.33. The predicted molar refractivity (Wildman–Crippen MR) is 74.5 cm³/mol. The number of halogens is 2. The summed E-state index contributed by atoms with van der Waals surface area (Å²) >= 11 is 12.1. The molecule has 0 amide bonds. The molecule has 0 unspecified atom stereocenters. The zero-order valence-corrected chi connectivity index (χ0v) is 11.0. The van der Waals surface area contributed by atoms with E-state index in [1.54, 1.807) is 6.20 Å². The van der Waals surface area contributed by atoms with Gasteiger partial charge in [0.05, 0.1) is 16.7 Å². The summed E-state index contributed by atoms with van der Waals surface area (Å²) in [5.41, 5.74) is 2.06. The van der Waals surface area contributed by atoms with Crippen molar-refractivity contribution in [2.45, 2.75) is 6.42 Å². The number of hydrogen-bond donors (Lipinski definition) is 0. The Labute approximate surface area is 115 Å². The number of fused-ring (bicyclic) bond motifs is 1. The maximum absolute atomic E-state index is 6.12. The van der Waals surface area contributed by atoms with E-state index in [4.69, 9.17) is 23.2 Å². The minimum Gasteiger partial charge on any atom is -0.302 e. The summed E-state index contributed by atoms with van der Waals surface area (Å²) < 4.78 is 2.00.